The summed E-state index contributed by atoms with van der Waals surface area (Å²) < 4.78 is 0. The maximum atomic E-state index is 12.3. The zero-order valence-corrected chi connectivity index (χ0v) is 12.0. The number of hydrogen-bond acceptors (Lipinski definition) is 2. The van der Waals surface area contributed by atoms with Crippen LogP contribution in [0, 0.1) is 0 Å². The van der Waals surface area contributed by atoms with Gasteiger partial charge in [-0.3, -0.25) is 0 Å². The molecule has 0 unspecified atom stereocenters. The highest BCUT2D eigenvalue weighted by atomic mass is 16.2. The predicted molar refractivity (Wildman–Crippen MR) is 75.5 cm³/mol. The van der Waals surface area contributed by atoms with Crippen molar-refractivity contribution in [3.8, 4) is 0 Å². The Morgan fingerprint density at radius 3 is 2.39 bits per heavy atom. The number of hydrogen-bond donors (Lipinski definition) is 2. The van der Waals surface area contributed by atoms with Gasteiger partial charge < -0.3 is 16.0 Å². The molecule has 0 heterocycles. The number of urea groups is 1. The van der Waals surface area contributed by atoms with E-state index in [4.69, 9.17) is 5.73 Å². The van der Waals surface area contributed by atoms with Crippen LogP contribution in [-0.4, -0.2) is 36.1 Å². The van der Waals surface area contributed by atoms with Crippen molar-refractivity contribution < 1.29 is 4.79 Å². The molecular formula is C14H29N3O. The third-order valence-electron chi connectivity index (χ3n) is 3.95. The molecule has 1 aliphatic rings. The summed E-state index contributed by atoms with van der Waals surface area (Å²) in [6.45, 7) is 5.45. The van der Waals surface area contributed by atoms with E-state index in [1.54, 1.807) is 0 Å². The third kappa shape index (κ3) is 4.48. The van der Waals surface area contributed by atoms with Crippen molar-refractivity contribution in [3.05, 3.63) is 0 Å². The first-order chi connectivity index (χ1) is 8.72. The van der Waals surface area contributed by atoms with Crippen molar-refractivity contribution in [3.63, 3.8) is 0 Å². The molecule has 0 aliphatic heterocycles. The first-order valence-corrected chi connectivity index (χ1v) is 7.50. The van der Waals surface area contributed by atoms with Crippen LogP contribution >= 0.6 is 0 Å². The maximum absolute atomic E-state index is 12.3. The molecule has 0 aromatic rings. The summed E-state index contributed by atoms with van der Waals surface area (Å²) >= 11 is 0. The minimum Gasteiger partial charge on any atom is -0.335 e. The lowest BCUT2D eigenvalue weighted by atomic mass is 9.96. The van der Waals surface area contributed by atoms with Gasteiger partial charge in [-0.15, -0.1) is 0 Å². The Balaban J connectivity index is 2.52. The highest BCUT2D eigenvalue weighted by molar-refractivity contribution is 5.74. The minimum absolute atomic E-state index is 0.0843. The lowest BCUT2D eigenvalue weighted by Gasteiger charge is -2.33. The zero-order chi connectivity index (χ0) is 13.4. The van der Waals surface area contributed by atoms with Crippen molar-refractivity contribution in [2.45, 2.75) is 70.9 Å². The molecule has 1 aliphatic carbocycles. The van der Waals surface area contributed by atoms with Gasteiger partial charge in [-0.1, -0.05) is 33.1 Å². The molecule has 3 N–H and O–H groups in total. The fourth-order valence-electron chi connectivity index (χ4n) is 2.82. The maximum Gasteiger partial charge on any atom is 0.317 e. The number of carbonyl (C=O) groups excluding carboxylic acids is 1. The molecule has 0 spiro atoms. The lowest BCUT2D eigenvalue weighted by Crippen LogP contribution is -2.51. The molecule has 106 valence electrons. The van der Waals surface area contributed by atoms with E-state index in [1.165, 1.54) is 19.3 Å². The second-order valence-electron chi connectivity index (χ2n) is 5.24. The number of carbonyl (C=O) groups is 1. The summed E-state index contributed by atoms with van der Waals surface area (Å²) in [6, 6.07) is 0.777. The van der Waals surface area contributed by atoms with Gasteiger partial charge in [-0.25, -0.2) is 4.79 Å². The monoisotopic (exact) mass is 255 g/mol. The first-order valence-electron chi connectivity index (χ1n) is 7.50. The van der Waals surface area contributed by atoms with E-state index in [-0.39, 0.29) is 6.03 Å². The summed E-state index contributed by atoms with van der Waals surface area (Å²) in [5, 5.41) is 3.18. The molecule has 4 heteroatoms. The highest BCUT2D eigenvalue weighted by Gasteiger charge is 2.23. The van der Waals surface area contributed by atoms with Crippen LogP contribution in [0.1, 0.15) is 58.8 Å². The Morgan fingerprint density at radius 1 is 1.28 bits per heavy atom. The standard InChI is InChI=1S/C14H29N3O/c1-3-13(4-2)17(11-10-15)14(18)16-12-8-6-5-7-9-12/h12-13H,3-11,15H2,1-2H3,(H,16,18). The molecule has 0 radical (unpaired) electrons. The summed E-state index contributed by atoms with van der Waals surface area (Å²) in [7, 11) is 0. The molecule has 1 fully saturated rings. The molecule has 18 heavy (non-hydrogen) atoms. The van der Waals surface area contributed by atoms with E-state index in [2.05, 4.69) is 19.2 Å². The molecule has 1 saturated carbocycles. The predicted octanol–water partition coefficient (Wildman–Crippen LogP) is 2.48. The molecule has 0 bridgehead atoms. The van der Waals surface area contributed by atoms with E-state index in [0.29, 0.717) is 25.2 Å². The van der Waals surface area contributed by atoms with Crippen LogP contribution in [0.3, 0.4) is 0 Å². The molecule has 4 nitrogen and oxygen atoms in total. The van der Waals surface area contributed by atoms with Gasteiger partial charge in [0, 0.05) is 25.2 Å². The lowest BCUT2D eigenvalue weighted by molar-refractivity contribution is 0.165. The molecule has 0 aromatic carbocycles. The van der Waals surface area contributed by atoms with Crippen LogP contribution in [-0.2, 0) is 0 Å². The van der Waals surface area contributed by atoms with Gasteiger partial charge in [0.05, 0.1) is 0 Å². The quantitative estimate of drug-likeness (QED) is 0.766. The smallest absolute Gasteiger partial charge is 0.317 e. The first kappa shape index (κ1) is 15.3. The van der Waals surface area contributed by atoms with Crippen LogP contribution in [0.5, 0.6) is 0 Å². The van der Waals surface area contributed by atoms with Crippen molar-refractivity contribution >= 4 is 6.03 Å². The van der Waals surface area contributed by atoms with Gasteiger partial charge in [0.15, 0.2) is 0 Å². The fraction of sp³-hybridized carbons (Fsp3) is 0.929. The molecule has 0 atom stereocenters. The molecule has 2 amide bonds. The zero-order valence-electron chi connectivity index (χ0n) is 12.0. The van der Waals surface area contributed by atoms with Crippen molar-refractivity contribution in [2.75, 3.05) is 13.1 Å². The van der Waals surface area contributed by atoms with E-state index in [9.17, 15) is 4.79 Å². The Morgan fingerprint density at radius 2 is 1.89 bits per heavy atom. The van der Waals surface area contributed by atoms with E-state index >= 15 is 0 Å². The van der Waals surface area contributed by atoms with Gasteiger partial charge in [-0.05, 0) is 25.7 Å². The Bertz CT molecular complexity index is 235. The van der Waals surface area contributed by atoms with Gasteiger partial charge in [0.25, 0.3) is 0 Å². The van der Waals surface area contributed by atoms with Gasteiger partial charge in [-0.2, -0.15) is 0 Å². The number of nitrogens with two attached hydrogens (primary N) is 1. The van der Waals surface area contributed by atoms with E-state index in [0.717, 1.165) is 25.7 Å². The Kier molecular flexibility index (Phi) is 7.09. The molecular weight excluding hydrogens is 226 g/mol. The molecule has 1 rings (SSSR count). The normalized spacial score (nSPS) is 16.9. The second-order valence-corrected chi connectivity index (χ2v) is 5.24. The number of nitrogens with one attached hydrogen (secondary N) is 1. The fourth-order valence-corrected chi connectivity index (χ4v) is 2.82. The van der Waals surface area contributed by atoms with Crippen LogP contribution in [0.2, 0.25) is 0 Å². The third-order valence-corrected chi connectivity index (χ3v) is 3.95. The largest absolute Gasteiger partial charge is 0.335 e. The minimum atomic E-state index is 0.0843. The number of amides is 2. The topological polar surface area (TPSA) is 58.4 Å². The van der Waals surface area contributed by atoms with Crippen LogP contribution in [0.15, 0.2) is 0 Å². The Hall–Kier alpha value is -0.770. The van der Waals surface area contributed by atoms with Crippen LogP contribution in [0.25, 0.3) is 0 Å². The second kappa shape index (κ2) is 8.35. The summed E-state index contributed by atoms with van der Waals surface area (Å²) in [5.74, 6) is 0. The van der Waals surface area contributed by atoms with E-state index < -0.39 is 0 Å². The summed E-state index contributed by atoms with van der Waals surface area (Å²) in [6.07, 6.45) is 8.05. The molecule has 0 aromatic heterocycles. The SMILES string of the molecule is CCC(CC)N(CCN)C(=O)NC1CCCCC1. The number of nitrogens with zero attached hydrogens (tertiary/aromatic N) is 1. The molecule has 0 saturated heterocycles. The van der Waals surface area contributed by atoms with Gasteiger partial charge >= 0.3 is 6.03 Å². The number of rotatable bonds is 6. The highest BCUT2D eigenvalue weighted by Crippen LogP contribution is 2.18. The summed E-state index contributed by atoms with van der Waals surface area (Å²) in [4.78, 5) is 14.2. The summed E-state index contributed by atoms with van der Waals surface area (Å²) in [5.41, 5.74) is 5.63. The van der Waals surface area contributed by atoms with Gasteiger partial charge in [0.1, 0.15) is 0 Å². The van der Waals surface area contributed by atoms with Gasteiger partial charge in [0.2, 0.25) is 0 Å². The van der Waals surface area contributed by atoms with E-state index in [1.807, 2.05) is 4.90 Å². The van der Waals surface area contributed by atoms with Crippen molar-refractivity contribution in [1.82, 2.24) is 10.2 Å². The van der Waals surface area contributed by atoms with Crippen molar-refractivity contribution in [1.29, 1.82) is 0 Å². The average Bonchev–Trinajstić information content (AvgIpc) is 2.40. The van der Waals surface area contributed by atoms with Crippen LogP contribution < -0.4 is 11.1 Å². The van der Waals surface area contributed by atoms with Crippen LogP contribution in [0.4, 0.5) is 4.79 Å². The average molecular weight is 255 g/mol. The Labute approximate surface area is 111 Å². The van der Waals surface area contributed by atoms with Crippen molar-refractivity contribution in [2.24, 2.45) is 5.73 Å².